The van der Waals surface area contributed by atoms with Crippen LogP contribution in [-0.4, -0.2) is 26.7 Å². The maximum atomic E-state index is 10.6. The van der Waals surface area contributed by atoms with Crippen LogP contribution in [0.15, 0.2) is 18.2 Å². The molecule has 1 aromatic carbocycles. The molecule has 0 fully saturated rings. The number of hydrogen-bond acceptors (Lipinski definition) is 3. The van der Waals surface area contributed by atoms with Gasteiger partial charge in [-0.3, -0.25) is 4.79 Å². The molecule has 0 bridgehead atoms. The van der Waals surface area contributed by atoms with Gasteiger partial charge in [0.15, 0.2) is 11.5 Å². The largest absolute Gasteiger partial charge is 0.493 e. The zero-order valence-electron chi connectivity index (χ0n) is 11.4. The maximum Gasteiger partial charge on any atom is 0.207 e. The summed E-state index contributed by atoms with van der Waals surface area (Å²) in [5.41, 5.74) is 1.11. The molecule has 0 aromatic heterocycles. The molecule has 4 nitrogen and oxygen atoms in total. The Hall–Kier alpha value is -1.71. The smallest absolute Gasteiger partial charge is 0.207 e. The predicted octanol–water partition coefficient (Wildman–Crippen LogP) is 2.02. The molecule has 1 amide bonds. The van der Waals surface area contributed by atoms with Gasteiger partial charge >= 0.3 is 0 Å². The molecule has 0 saturated heterocycles. The number of nitrogens with one attached hydrogen (secondary N) is 1. The first-order valence-corrected chi connectivity index (χ1v) is 6.03. The molecule has 100 valence electrons. The molecule has 1 rings (SSSR count). The van der Waals surface area contributed by atoms with E-state index in [0.717, 1.165) is 18.4 Å². The van der Waals surface area contributed by atoms with Crippen molar-refractivity contribution in [2.24, 2.45) is 5.92 Å². The summed E-state index contributed by atoms with van der Waals surface area (Å²) in [6.07, 6.45) is 1.53. The molecule has 0 aliphatic heterocycles. The number of carbonyl (C=O) groups excluding carboxylic acids is 1. The van der Waals surface area contributed by atoms with Crippen molar-refractivity contribution in [3.8, 4) is 11.5 Å². The normalized spacial score (nSPS) is 12.1. The fraction of sp³-hybridized carbons (Fsp3) is 0.500. The van der Waals surface area contributed by atoms with Crippen LogP contribution in [0.25, 0.3) is 0 Å². The molecular weight excluding hydrogens is 230 g/mol. The van der Waals surface area contributed by atoms with Gasteiger partial charge in [0.1, 0.15) is 0 Å². The van der Waals surface area contributed by atoms with Crippen molar-refractivity contribution in [1.29, 1.82) is 0 Å². The molecule has 0 saturated carbocycles. The molecule has 0 heterocycles. The fourth-order valence-corrected chi connectivity index (χ4v) is 1.84. The van der Waals surface area contributed by atoms with Crippen molar-refractivity contribution < 1.29 is 14.3 Å². The van der Waals surface area contributed by atoms with Crippen molar-refractivity contribution in [3.05, 3.63) is 23.8 Å². The number of amides is 1. The summed E-state index contributed by atoms with van der Waals surface area (Å²) >= 11 is 0. The van der Waals surface area contributed by atoms with Crippen molar-refractivity contribution in [2.45, 2.75) is 26.3 Å². The highest BCUT2D eigenvalue weighted by atomic mass is 16.5. The Bertz CT molecular complexity index is 391. The van der Waals surface area contributed by atoms with Gasteiger partial charge in [-0.2, -0.15) is 0 Å². The van der Waals surface area contributed by atoms with E-state index in [1.54, 1.807) is 14.2 Å². The average molecular weight is 251 g/mol. The minimum atomic E-state index is 0.126. The standard InChI is InChI=1S/C14H21NO3/c1-10(2)12(15-9-16)7-11-5-6-13(17-3)14(8-11)18-4/h5-6,8-10,12H,7H2,1-4H3,(H,15,16)/t12-/m1/s1. The SMILES string of the molecule is COc1ccc(C[C@@H](NC=O)C(C)C)cc1OC. The summed E-state index contributed by atoms with van der Waals surface area (Å²) < 4.78 is 10.5. The molecular formula is C14H21NO3. The third-order valence-electron chi connectivity index (χ3n) is 2.99. The summed E-state index contributed by atoms with van der Waals surface area (Å²) in [6, 6.07) is 5.94. The number of benzene rings is 1. The molecule has 0 radical (unpaired) electrons. The lowest BCUT2D eigenvalue weighted by molar-refractivity contribution is -0.110. The number of methoxy groups -OCH3 is 2. The van der Waals surface area contributed by atoms with Crippen LogP contribution >= 0.6 is 0 Å². The monoisotopic (exact) mass is 251 g/mol. The van der Waals surface area contributed by atoms with Crippen LogP contribution in [0, 0.1) is 5.92 Å². The first-order chi connectivity index (χ1) is 8.62. The van der Waals surface area contributed by atoms with Crippen LogP contribution in [-0.2, 0) is 11.2 Å². The van der Waals surface area contributed by atoms with Crippen LogP contribution in [0.4, 0.5) is 0 Å². The minimum Gasteiger partial charge on any atom is -0.493 e. The summed E-state index contributed by atoms with van der Waals surface area (Å²) in [5, 5.41) is 2.84. The van der Waals surface area contributed by atoms with Gasteiger partial charge in [0.05, 0.1) is 14.2 Å². The Morgan fingerprint density at radius 2 is 1.89 bits per heavy atom. The Balaban J connectivity index is 2.86. The van der Waals surface area contributed by atoms with E-state index in [1.807, 2.05) is 18.2 Å². The molecule has 1 atom stereocenters. The summed E-state index contributed by atoms with van der Waals surface area (Å²) in [6.45, 7) is 4.17. The van der Waals surface area contributed by atoms with E-state index in [0.29, 0.717) is 17.4 Å². The van der Waals surface area contributed by atoms with Gasteiger partial charge in [-0.25, -0.2) is 0 Å². The lowest BCUT2D eigenvalue weighted by Gasteiger charge is -2.20. The molecule has 0 aliphatic carbocycles. The van der Waals surface area contributed by atoms with Crippen LogP contribution in [0.5, 0.6) is 11.5 Å². The Labute approximate surface area is 108 Å². The molecule has 1 N–H and O–H groups in total. The van der Waals surface area contributed by atoms with Gasteiger partial charge in [-0.05, 0) is 30.0 Å². The number of carbonyl (C=O) groups is 1. The lowest BCUT2D eigenvalue weighted by atomic mass is 9.96. The second-order valence-electron chi connectivity index (χ2n) is 4.53. The van der Waals surface area contributed by atoms with Crippen molar-refractivity contribution >= 4 is 6.41 Å². The van der Waals surface area contributed by atoms with Gasteiger partial charge in [-0.15, -0.1) is 0 Å². The highest BCUT2D eigenvalue weighted by molar-refractivity contribution is 5.47. The first kappa shape index (κ1) is 14.4. The number of hydrogen-bond donors (Lipinski definition) is 1. The molecule has 0 spiro atoms. The third-order valence-corrected chi connectivity index (χ3v) is 2.99. The predicted molar refractivity (Wildman–Crippen MR) is 71.1 cm³/mol. The van der Waals surface area contributed by atoms with Crippen LogP contribution in [0.1, 0.15) is 19.4 Å². The van der Waals surface area contributed by atoms with Crippen molar-refractivity contribution in [2.75, 3.05) is 14.2 Å². The lowest BCUT2D eigenvalue weighted by Crippen LogP contribution is -2.34. The van der Waals surface area contributed by atoms with Gasteiger partial charge in [0.25, 0.3) is 0 Å². The van der Waals surface area contributed by atoms with E-state index >= 15 is 0 Å². The van der Waals surface area contributed by atoms with E-state index in [2.05, 4.69) is 19.2 Å². The zero-order valence-corrected chi connectivity index (χ0v) is 11.4. The second-order valence-corrected chi connectivity index (χ2v) is 4.53. The second kappa shape index (κ2) is 6.89. The number of ether oxygens (including phenoxy) is 2. The molecule has 0 aliphatic rings. The fourth-order valence-electron chi connectivity index (χ4n) is 1.84. The first-order valence-electron chi connectivity index (χ1n) is 6.03. The Kier molecular flexibility index (Phi) is 5.49. The van der Waals surface area contributed by atoms with E-state index in [9.17, 15) is 4.79 Å². The average Bonchev–Trinajstić information content (AvgIpc) is 2.37. The molecule has 18 heavy (non-hydrogen) atoms. The highest BCUT2D eigenvalue weighted by Crippen LogP contribution is 2.28. The van der Waals surface area contributed by atoms with E-state index < -0.39 is 0 Å². The Morgan fingerprint density at radius 1 is 1.22 bits per heavy atom. The molecule has 1 aromatic rings. The van der Waals surface area contributed by atoms with Crippen LogP contribution in [0.3, 0.4) is 0 Å². The van der Waals surface area contributed by atoms with Crippen LogP contribution in [0.2, 0.25) is 0 Å². The van der Waals surface area contributed by atoms with Crippen molar-refractivity contribution in [3.63, 3.8) is 0 Å². The number of rotatable bonds is 7. The zero-order chi connectivity index (χ0) is 13.5. The van der Waals surface area contributed by atoms with E-state index in [-0.39, 0.29) is 6.04 Å². The topological polar surface area (TPSA) is 47.6 Å². The maximum absolute atomic E-state index is 10.6. The van der Waals surface area contributed by atoms with Gasteiger partial charge in [0.2, 0.25) is 6.41 Å². The highest BCUT2D eigenvalue weighted by Gasteiger charge is 2.14. The third kappa shape index (κ3) is 3.65. The van der Waals surface area contributed by atoms with Gasteiger partial charge in [-0.1, -0.05) is 19.9 Å². The van der Waals surface area contributed by atoms with E-state index in [1.165, 1.54) is 0 Å². The molecule has 4 heteroatoms. The summed E-state index contributed by atoms with van der Waals surface area (Å²) in [4.78, 5) is 10.6. The van der Waals surface area contributed by atoms with E-state index in [4.69, 9.17) is 9.47 Å². The molecule has 0 unspecified atom stereocenters. The van der Waals surface area contributed by atoms with Gasteiger partial charge in [0, 0.05) is 6.04 Å². The minimum absolute atomic E-state index is 0.126. The van der Waals surface area contributed by atoms with Crippen LogP contribution < -0.4 is 14.8 Å². The van der Waals surface area contributed by atoms with Crippen molar-refractivity contribution in [1.82, 2.24) is 5.32 Å². The summed E-state index contributed by atoms with van der Waals surface area (Å²) in [5.74, 6) is 1.80. The van der Waals surface area contributed by atoms with Gasteiger partial charge < -0.3 is 14.8 Å². The Morgan fingerprint density at radius 3 is 2.39 bits per heavy atom. The summed E-state index contributed by atoms with van der Waals surface area (Å²) in [7, 11) is 3.23. The quantitative estimate of drug-likeness (QED) is 0.754.